The summed E-state index contributed by atoms with van der Waals surface area (Å²) in [4.78, 5) is 17.5. The first-order chi connectivity index (χ1) is 16.7. The highest BCUT2D eigenvalue weighted by atomic mass is 16.5. The van der Waals surface area contributed by atoms with Crippen molar-refractivity contribution in [2.24, 2.45) is 0 Å². The molecule has 4 aromatic rings. The van der Waals surface area contributed by atoms with Crippen molar-refractivity contribution in [2.75, 3.05) is 18.5 Å². The van der Waals surface area contributed by atoms with Gasteiger partial charge in [-0.25, -0.2) is 4.98 Å². The molecule has 0 spiro atoms. The van der Waals surface area contributed by atoms with E-state index in [1.807, 2.05) is 54.7 Å². The number of ether oxygens (including phenoxy) is 1. The van der Waals surface area contributed by atoms with Gasteiger partial charge < -0.3 is 20.5 Å². The van der Waals surface area contributed by atoms with Gasteiger partial charge in [-0.1, -0.05) is 42.5 Å². The van der Waals surface area contributed by atoms with Crippen molar-refractivity contribution < 1.29 is 14.6 Å². The number of fused-ring (bicyclic) bond motifs is 1. The second-order valence-electron chi connectivity index (χ2n) is 8.09. The van der Waals surface area contributed by atoms with E-state index in [0.29, 0.717) is 18.7 Å². The number of anilines is 1. The van der Waals surface area contributed by atoms with E-state index in [1.54, 1.807) is 18.5 Å². The number of nitrogens with one attached hydrogen (secondary N) is 3. The molecule has 0 radical (unpaired) electrons. The maximum absolute atomic E-state index is 12.8. The van der Waals surface area contributed by atoms with Crippen molar-refractivity contribution >= 4 is 11.7 Å². The molecule has 8 heteroatoms. The fourth-order valence-corrected chi connectivity index (χ4v) is 4.11. The molecule has 1 aliphatic heterocycles. The predicted octanol–water partition coefficient (Wildman–Crippen LogP) is 3.48. The molecule has 0 bridgehead atoms. The van der Waals surface area contributed by atoms with Crippen molar-refractivity contribution in [1.29, 1.82) is 0 Å². The topological polar surface area (TPSA) is 112 Å². The first kappa shape index (κ1) is 21.7. The van der Waals surface area contributed by atoms with Crippen LogP contribution in [-0.2, 0) is 13.0 Å². The summed E-state index contributed by atoms with van der Waals surface area (Å²) < 4.78 is 5.89. The number of aromatic amines is 1. The number of pyridine rings is 1. The van der Waals surface area contributed by atoms with Crippen molar-refractivity contribution in [3.63, 3.8) is 0 Å². The van der Waals surface area contributed by atoms with E-state index < -0.39 is 6.04 Å². The highest BCUT2D eigenvalue weighted by molar-refractivity contribution is 5.94. The van der Waals surface area contributed by atoms with Crippen LogP contribution in [0.5, 0.6) is 5.75 Å². The van der Waals surface area contributed by atoms with E-state index in [-0.39, 0.29) is 12.5 Å². The maximum Gasteiger partial charge on any atom is 0.251 e. The third kappa shape index (κ3) is 4.49. The molecule has 3 heterocycles. The zero-order valence-corrected chi connectivity index (χ0v) is 18.5. The van der Waals surface area contributed by atoms with Crippen LogP contribution in [0.4, 0.5) is 5.82 Å². The number of nitrogens with zero attached hydrogens (tertiary/aromatic N) is 2. The molecule has 1 amide bonds. The van der Waals surface area contributed by atoms with Gasteiger partial charge in [0, 0.05) is 47.6 Å². The molecule has 5 rings (SSSR count). The lowest BCUT2D eigenvalue weighted by molar-refractivity contribution is 0.0916. The monoisotopic (exact) mass is 455 g/mol. The molecule has 2 aromatic carbocycles. The van der Waals surface area contributed by atoms with Crippen LogP contribution < -0.4 is 15.4 Å². The third-order valence-corrected chi connectivity index (χ3v) is 5.87. The second-order valence-corrected chi connectivity index (χ2v) is 8.09. The van der Waals surface area contributed by atoms with Crippen molar-refractivity contribution in [1.82, 2.24) is 20.5 Å². The minimum Gasteiger partial charge on any atom is -0.492 e. The molecule has 0 unspecified atom stereocenters. The van der Waals surface area contributed by atoms with E-state index in [4.69, 9.17) is 4.74 Å². The Kier molecular flexibility index (Phi) is 6.22. The lowest BCUT2D eigenvalue weighted by atomic mass is 10.1. The maximum atomic E-state index is 12.8. The summed E-state index contributed by atoms with van der Waals surface area (Å²) in [6.07, 6.45) is 6.14. The molecule has 0 aliphatic carbocycles. The van der Waals surface area contributed by atoms with Gasteiger partial charge in [0.1, 0.15) is 11.6 Å². The number of aliphatic hydroxyl groups is 1. The molecule has 0 saturated carbocycles. The van der Waals surface area contributed by atoms with Gasteiger partial charge in [0.25, 0.3) is 5.91 Å². The fourth-order valence-electron chi connectivity index (χ4n) is 4.11. The predicted molar refractivity (Wildman–Crippen MR) is 129 cm³/mol. The van der Waals surface area contributed by atoms with Gasteiger partial charge in [0.2, 0.25) is 0 Å². The van der Waals surface area contributed by atoms with E-state index in [2.05, 4.69) is 25.8 Å². The van der Waals surface area contributed by atoms with Crippen LogP contribution in [0.15, 0.2) is 73.2 Å². The number of aliphatic hydroxyl groups excluding tert-OH is 1. The van der Waals surface area contributed by atoms with Gasteiger partial charge in [-0.15, -0.1) is 0 Å². The first-order valence-corrected chi connectivity index (χ1v) is 11.2. The Labute approximate surface area is 197 Å². The van der Waals surface area contributed by atoms with Gasteiger partial charge in [-0.05, 0) is 23.3 Å². The smallest absolute Gasteiger partial charge is 0.251 e. The van der Waals surface area contributed by atoms with Gasteiger partial charge in [-0.3, -0.25) is 9.89 Å². The van der Waals surface area contributed by atoms with Crippen molar-refractivity contribution in [2.45, 2.75) is 19.0 Å². The van der Waals surface area contributed by atoms with Gasteiger partial charge in [0.05, 0.1) is 25.5 Å². The molecule has 1 atom stereocenters. The molecule has 8 nitrogen and oxygen atoms in total. The summed E-state index contributed by atoms with van der Waals surface area (Å²) >= 11 is 0. The average molecular weight is 456 g/mol. The van der Waals surface area contributed by atoms with E-state index in [1.165, 1.54) is 0 Å². The number of hydrogen-bond donors (Lipinski definition) is 4. The number of benzene rings is 2. The van der Waals surface area contributed by atoms with Gasteiger partial charge in [0.15, 0.2) is 0 Å². The van der Waals surface area contributed by atoms with E-state index >= 15 is 0 Å². The number of amides is 1. The normalized spacial score (nSPS) is 13.1. The highest BCUT2D eigenvalue weighted by Gasteiger charge is 2.23. The van der Waals surface area contributed by atoms with Gasteiger partial charge >= 0.3 is 0 Å². The van der Waals surface area contributed by atoms with Crippen LogP contribution in [0, 0.1) is 0 Å². The van der Waals surface area contributed by atoms with Crippen LogP contribution in [0.1, 0.15) is 33.1 Å². The zero-order valence-electron chi connectivity index (χ0n) is 18.5. The molecule has 172 valence electrons. The Hall–Kier alpha value is -4.17. The summed E-state index contributed by atoms with van der Waals surface area (Å²) in [6.45, 7) is 0.946. The number of hydrogen-bond acceptors (Lipinski definition) is 6. The minimum absolute atomic E-state index is 0.176. The minimum atomic E-state index is -0.462. The number of carbonyl (C=O) groups excluding carboxylic acids is 1. The quantitative estimate of drug-likeness (QED) is 0.324. The summed E-state index contributed by atoms with van der Waals surface area (Å²) in [5.74, 6) is 1.38. The molecule has 0 saturated heterocycles. The molecule has 1 aliphatic rings. The Morgan fingerprint density at radius 3 is 2.82 bits per heavy atom. The number of H-pyrrole nitrogens is 1. The molecule has 4 N–H and O–H groups in total. The fraction of sp³-hybridized carbons (Fsp3) is 0.192. The number of carbonyl (C=O) groups is 1. The van der Waals surface area contributed by atoms with Gasteiger partial charge in [-0.2, -0.15) is 5.10 Å². The Bertz CT molecular complexity index is 1280. The summed E-state index contributed by atoms with van der Waals surface area (Å²) in [7, 11) is 0. The number of aromatic nitrogens is 3. The van der Waals surface area contributed by atoms with Crippen LogP contribution in [0.3, 0.4) is 0 Å². The molecule has 34 heavy (non-hydrogen) atoms. The Balaban J connectivity index is 1.29. The molecular formula is C26H25N5O3. The molecule has 2 aromatic heterocycles. The molecule has 0 fully saturated rings. The highest BCUT2D eigenvalue weighted by Crippen LogP contribution is 2.39. The average Bonchev–Trinajstić information content (AvgIpc) is 3.59. The SMILES string of the molecule is O=C(N[C@H](CO)c1ccccc1)c1cccc(CNc2ncc(-c3cn[nH]c3)c3c2CCO3)c1. The second kappa shape index (κ2) is 9.76. The largest absolute Gasteiger partial charge is 0.492 e. The van der Waals surface area contributed by atoms with Crippen LogP contribution in [0.25, 0.3) is 11.1 Å². The Morgan fingerprint density at radius 1 is 1.15 bits per heavy atom. The lowest BCUT2D eigenvalue weighted by Gasteiger charge is -2.17. The van der Waals surface area contributed by atoms with Crippen LogP contribution in [-0.4, -0.2) is 39.4 Å². The zero-order chi connectivity index (χ0) is 23.3. The summed E-state index contributed by atoms with van der Waals surface area (Å²) in [5.41, 5.74) is 5.24. The third-order valence-electron chi connectivity index (χ3n) is 5.87. The Morgan fingerprint density at radius 2 is 2.03 bits per heavy atom. The van der Waals surface area contributed by atoms with Crippen LogP contribution in [0.2, 0.25) is 0 Å². The summed E-state index contributed by atoms with van der Waals surface area (Å²) in [5, 5.41) is 22.9. The summed E-state index contributed by atoms with van der Waals surface area (Å²) in [6, 6.07) is 16.4. The number of rotatable bonds is 8. The van der Waals surface area contributed by atoms with Crippen molar-refractivity contribution in [3.05, 3.63) is 95.4 Å². The van der Waals surface area contributed by atoms with E-state index in [9.17, 15) is 9.90 Å². The van der Waals surface area contributed by atoms with Crippen LogP contribution >= 0.6 is 0 Å². The molecular weight excluding hydrogens is 430 g/mol. The standard InChI is InChI=1S/C26H25N5O3/c32-16-23(18-6-2-1-3-7-18)31-26(33)19-8-4-5-17(11-19)12-27-25-21-9-10-34-24(21)22(15-28-25)20-13-29-30-14-20/h1-8,11,13-15,23,32H,9-10,12,16H2,(H,27,28)(H,29,30)(H,31,33)/t23-/m1/s1. The van der Waals surface area contributed by atoms with Crippen molar-refractivity contribution in [3.8, 4) is 16.9 Å². The first-order valence-electron chi connectivity index (χ1n) is 11.2. The lowest BCUT2D eigenvalue weighted by Crippen LogP contribution is -2.30. The van der Waals surface area contributed by atoms with E-state index in [0.717, 1.165) is 45.8 Å².